The zero-order valence-electron chi connectivity index (χ0n) is 27.2. The molecule has 0 aliphatic carbocycles. The Balaban J connectivity index is 1.44. The van der Waals surface area contributed by atoms with Crippen LogP contribution < -0.4 is 24.8 Å². The molecule has 0 radical (unpaired) electrons. The molecule has 0 fully saturated rings. The number of aromatic nitrogens is 5. The maximum Gasteiger partial charge on any atom is 0.257 e. The zero-order valence-corrected chi connectivity index (χ0v) is 27.2. The van der Waals surface area contributed by atoms with Gasteiger partial charge in [-0.3, -0.25) is 14.4 Å². The number of hydrogen-bond donors (Lipinski definition) is 2. The van der Waals surface area contributed by atoms with E-state index in [1.807, 2.05) is 32.0 Å². The van der Waals surface area contributed by atoms with Gasteiger partial charge in [0.1, 0.15) is 29.7 Å². The van der Waals surface area contributed by atoms with Gasteiger partial charge in [-0.1, -0.05) is 26.0 Å². The highest BCUT2D eigenvalue weighted by atomic mass is 16.5. The summed E-state index contributed by atoms with van der Waals surface area (Å²) in [5, 5.41) is 14.9. The van der Waals surface area contributed by atoms with Gasteiger partial charge >= 0.3 is 0 Å². The highest BCUT2D eigenvalue weighted by Crippen LogP contribution is 2.29. The molecular formula is C33H40N8O6. The highest BCUT2D eigenvalue weighted by Gasteiger charge is 2.27. The van der Waals surface area contributed by atoms with E-state index in [-0.39, 0.29) is 49.9 Å². The van der Waals surface area contributed by atoms with E-state index >= 15 is 0 Å². The number of amides is 3. The summed E-state index contributed by atoms with van der Waals surface area (Å²) in [6.45, 7) is 6.54. The minimum absolute atomic E-state index is 0.0389. The predicted octanol–water partition coefficient (Wildman–Crippen LogP) is 2.96. The third-order valence-corrected chi connectivity index (χ3v) is 7.73. The Morgan fingerprint density at radius 3 is 2.62 bits per heavy atom. The first-order valence-electron chi connectivity index (χ1n) is 15.5. The maximum absolute atomic E-state index is 13.8. The Kier molecular flexibility index (Phi) is 10.4. The number of methoxy groups -OCH3 is 2. The molecule has 14 heteroatoms. The molecule has 2 bridgehead atoms. The molecular weight excluding hydrogens is 604 g/mol. The van der Waals surface area contributed by atoms with Gasteiger partial charge < -0.3 is 29.7 Å². The van der Waals surface area contributed by atoms with Gasteiger partial charge in [-0.2, -0.15) is 10.2 Å². The molecule has 0 spiro atoms. The van der Waals surface area contributed by atoms with E-state index in [0.717, 1.165) is 0 Å². The van der Waals surface area contributed by atoms with Crippen LogP contribution in [0.15, 0.2) is 54.9 Å². The molecule has 0 saturated carbocycles. The second kappa shape index (κ2) is 14.8. The topological polar surface area (TPSA) is 155 Å². The molecule has 47 heavy (non-hydrogen) atoms. The van der Waals surface area contributed by atoms with Crippen LogP contribution >= 0.6 is 0 Å². The van der Waals surface area contributed by atoms with Crippen molar-refractivity contribution in [2.75, 3.05) is 40.5 Å². The first kappa shape index (κ1) is 33.0. The average molecular weight is 645 g/mol. The summed E-state index contributed by atoms with van der Waals surface area (Å²) in [6, 6.07) is 11.8. The molecule has 3 amide bonds. The number of nitrogens with one attached hydrogen (secondary N) is 2. The van der Waals surface area contributed by atoms with Crippen molar-refractivity contribution in [3.63, 3.8) is 0 Å². The van der Waals surface area contributed by atoms with Gasteiger partial charge in [0.05, 0.1) is 45.1 Å². The first-order valence-corrected chi connectivity index (χ1v) is 15.5. The number of benzene rings is 2. The van der Waals surface area contributed by atoms with Crippen molar-refractivity contribution in [3.8, 4) is 22.9 Å². The molecule has 1 aliphatic rings. The van der Waals surface area contributed by atoms with Crippen LogP contribution in [0.4, 0.5) is 0 Å². The summed E-state index contributed by atoms with van der Waals surface area (Å²) in [7, 11) is 3.10. The summed E-state index contributed by atoms with van der Waals surface area (Å²) >= 11 is 0. The van der Waals surface area contributed by atoms with Crippen LogP contribution in [0.3, 0.4) is 0 Å². The Morgan fingerprint density at radius 2 is 1.85 bits per heavy atom. The molecule has 1 aliphatic heterocycles. The SMILES string of the molecule is COc1ccc2cc1OCCn1nc(C)nc1[C@H](C(C)C)NC(=O)CN(C(=O)c1cnn(-c3ccccc3OC)c1)CCCNC2=O. The maximum atomic E-state index is 13.8. The van der Waals surface area contributed by atoms with Gasteiger partial charge in [-0.05, 0) is 49.6 Å². The van der Waals surface area contributed by atoms with Gasteiger partial charge in [-0.25, -0.2) is 14.3 Å². The van der Waals surface area contributed by atoms with Crippen molar-refractivity contribution < 1.29 is 28.6 Å². The smallest absolute Gasteiger partial charge is 0.257 e. The third kappa shape index (κ3) is 7.71. The number of aryl methyl sites for hydroxylation is 1. The van der Waals surface area contributed by atoms with E-state index in [1.54, 1.807) is 53.9 Å². The summed E-state index contributed by atoms with van der Waals surface area (Å²) in [5.41, 5.74) is 1.37. The summed E-state index contributed by atoms with van der Waals surface area (Å²) in [4.78, 5) is 46.6. The van der Waals surface area contributed by atoms with E-state index in [0.29, 0.717) is 58.7 Å². The zero-order chi connectivity index (χ0) is 33.5. The average Bonchev–Trinajstić information content (AvgIpc) is 3.70. The Morgan fingerprint density at radius 1 is 1.06 bits per heavy atom. The first-order chi connectivity index (χ1) is 22.7. The Bertz CT molecular complexity index is 1730. The van der Waals surface area contributed by atoms with Crippen molar-refractivity contribution in [3.05, 3.63) is 77.6 Å². The number of carbonyl (C=O) groups is 3. The standard InChI is InChI=1S/C33H40N8O6/c1-21(2)30-31-36-22(3)38-40(31)15-16-47-28-17-23(11-12-27(28)46-5)32(43)34-13-8-14-39(20-29(42)37-30)33(44)24-18-35-41(19-24)25-9-6-7-10-26(25)45-4/h6-7,9-12,17-19,21,30H,8,13-16,20H2,1-5H3,(H,34,43)(H,37,42)/t30-/m0/s1. The molecule has 2 N–H and O–H groups in total. The van der Waals surface area contributed by atoms with E-state index < -0.39 is 6.04 Å². The fraction of sp³-hybridized carbons (Fsp3) is 0.394. The lowest BCUT2D eigenvalue weighted by Gasteiger charge is -2.26. The van der Waals surface area contributed by atoms with E-state index in [9.17, 15) is 14.4 Å². The van der Waals surface area contributed by atoms with Crippen LogP contribution in [0.5, 0.6) is 17.2 Å². The molecule has 4 aromatic rings. The Hall–Kier alpha value is -5.40. The number of nitrogens with zero attached hydrogens (tertiary/aromatic N) is 6. The lowest BCUT2D eigenvalue weighted by atomic mass is 10.0. The monoisotopic (exact) mass is 644 g/mol. The number of carbonyl (C=O) groups excluding carboxylic acids is 3. The fourth-order valence-electron chi connectivity index (χ4n) is 5.35. The van der Waals surface area contributed by atoms with Crippen LogP contribution in [0.2, 0.25) is 0 Å². The normalized spacial score (nSPS) is 16.3. The largest absolute Gasteiger partial charge is 0.494 e. The number of fused-ring (bicyclic) bond motifs is 3. The van der Waals surface area contributed by atoms with Crippen molar-refractivity contribution in [2.24, 2.45) is 5.92 Å². The quantitative estimate of drug-likeness (QED) is 0.334. The second-order valence-corrected chi connectivity index (χ2v) is 11.4. The fourth-order valence-corrected chi connectivity index (χ4v) is 5.35. The molecule has 2 aromatic carbocycles. The molecule has 0 saturated heterocycles. The third-order valence-electron chi connectivity index (χ3n) is 7.73. The van der Waals surface area contributed by atoms with Gasteiger partial charge in [0.2, 0.25) is 5.91 Å². The van der Waals surface area contributed by atoms with Crippen molar-refractivity contribution in [2.45, 2.75) is 39.8 Å². The molecule has 0 unspecified atom stereocenters. The molecule has 5 rings (SSSR count). The van der Waals surface area contributed by atoms with E-state index in [2.05, 4.69) is 25.8 Å². The summed E-state index contributed by atoms with van der Waals surface area (Å²) in [5.74, 6) is 1.54. The van der Waals surface area contributed by atoms with Gasteiger partial charge in [-0.15, -0.1) is 0 Å². The second-order valence-electron chi connectivity index (χ2n) is 11.4. The van der Waals surface area contributed by atoms with Crippen LogP contribution in [-0.2, 0) is 11.3 Å². The number of rotatable bonds is 5. The lowest BCUT2D eigenvalue weighted by Crippen LogP contribution is -2.44. The van der Waals surface area contributed by atoms with Crippen LogP contribution in [0, 0.1) is 12.8 Å². The highest BCUT2D eigenvalue weighted by molar-refractivity contribution is 5.96. The van der Waals surface area contributed by atoms with Crippen molar-refractivity contribution in [1.29, 1.82) is 0 Å². The molecule has 14 nitrogen and oxygen atoms in total. The number of ether oxygens (including phenoxy) is 3. The minimum atomic E-state index is -0.481. The summed E-state index contributed by atoms with van der Waals surface area (Å²) in [6.07, 6.45) is 3.47. The van der Waals surface area contributed by atoms with Gasteiger partial charge in [0.15, 0.2) is 11.5 Å². The molecule has 1 atom stereocenters. The van der Waals surface area contributed by atoms with E-state index in [1.165, 1.54) is 18.2 Å². The van der Waals surface area contributed by atoms with Crippen LogP contribution in [0.1, 0.15) is 58.7 Å². The van der Waals surface area contributed by atoms with Crippen LogP contribution in [0.25, 0.3) is 5.69 Å². The minimum Gasteiger partial charge on any atom is -0.494 e. The van der Waals surface area contributed by atoms with Gasteiger partial charge in [0, 0.05) is 24.8 Å². The molecule has 3 heterocycles. The van der Waals surface area contributed by atoms with Gasteiger partial charge in [0.25, 0.3) is 11.8 Å². The molecule has 2 aromatic heterocycles. The van der Waals surface area contributed by atoms with Crippen LogP contribution in [-0.4, -0.2) is 87.6 Å². The number of hydrogen-bond acceptors (Lipinski definition) is 9. The molecule has 248 valence electrons. The van der Waals surface area contributed by atoms with Crippen molar-refractivity contribution >= 4 is 17.7 Å². The number of para-hydroxylation sites is 2. The summed E-state index contributed by atoms with van der Waals surface area (Å²) < 4.78 is 20.2. The van der Waals surface area contributed by atoms with E-state index in [4.69, 9.17) is 14.2 Å². The predicted molar refractivity (Wildman–Crippen MR) is 172 cm³/mol. The van der Waals surface area contributed by atoms with Crippen molar-refractivity contribution in [1.82, 2.24) is 40.1 Å². The Labute approximate surface area is 273 Å². The lowest BCUT2D eigenvalue weighted by molar-refractivity contribution is -0.123.